The first-order valence-corrected chi connectivity index (χ1v) is 15.5. The van der Waals surface area contributed by atoms with E-state index >= 15 is 0 Å². The highest BCUT2D eigenvalue weighted by Gasteiger charge is 2.49. The van der Waals surface area contributed by atoms with E-state index in [0.717, 1.165) is 63.0 Å². The fraction of sp³-hybridized carbons (Fsp3) is 0.412. The maximum Gasteiger partial charge on any atom is 0.410 e. The van der Waals surface area contributed by atoms with Crippen LogP contribution in [0.5, 0.6) is 0 Å². The second-order valence-corrected chi connectivity index (χ2v) is 12.5. The van der Waals surface area contributed by atoms with Crippen molar-refractivity contribution in [3.8, 4) is 0 Å². The molecule has 1 fully saturated rings. The summed E-state index contributed by atoms with van der Waals surface area (Å²) < 4.78 is 23.2. The van der Waals surface area contributed by atoms with E-state index in [-0.39, 0.29) is 12.0 Å². The molecule has 8 rings (SSSR count). The lowest BCUT2D eigenvalue weighted by atomic mass is 9.94. The number of nitrogens with one attached hydrogen (secondary N) is 2. The maximum absolute atomic E-state index is 13.8. The largest absolute Gasteiger partial charge is 0.445 e. The molecule has 45 heavy (non-hydrogen) atoms. The number of aromatic nitrogens is 2. The lowest BCUT2D eigenvalue weighted by Crippen LogP contribution is -2.59. The summed E-state index contributed by atoms with van der Waals surface area (Å²) >= 11 is 0. The van der Waals surface area contributed by atoms with Crippen LogP contribution in [0.25, 0.3) is 43.6 Å². The number of piperidine rings is 1. The van der Waals surface area contributed by atoms with Crippen LogP contribution in [0.3, 0.4) is 0 Å². The molecule has 5 atom stereocenters. The molecule has 0 aliphatic carbocycles. The van der Waals surface area contributed by atoms with E-state index in [4.69, 9.17) is 14.2 Å². The number of benzene rings is 3. The lowest BCUT2D eigenvalue weighted by molar-refractivity contribution is -0.177. The summed E-state index contributed by atoms with van der Waals surface area (Å²) in [6.07, 6.45) is -0.715. The monoisotopic (exact) mass is 611 g/mol. The molecule has 5 aromatic rings. The first-order valence-electron chi connectivity index (χ1n) is 15.5. The third kappa shape index (κ3) is 3.78. The molecule has 1 saturated heterocycles. The quantitative estimate of drug-likeness (QED) is 0.279. The normalized spacial score (nSPS) is 26.4. The van der Waals surface area contributed by atoms with Crippen LogP contribution >= 0.6 is 0 Å². The van der Waals surface area contributed by atoms with Crippen LogP contribution in [0.4, 0.5) is 4.79 Å². The molecule has 0 bridgehead atoms. The highest BCUT2D eigenvalue weighted by atomic mass is 16.6. The minimum absolute atomic E-state index is 0.211. The molecule has 2 amide bonds. The molecule has 3 aliphatic rings. The summed E-state index contributed by atoms with van der Waals surface area (Å²) in [6, 6.07) is 15.4. The zero-order chi connectivity index (χ0) is 31.2. The minimum atomic E-state index is -1.17. The number of para-hydroxylation sites is 2. The van der Waals surface area contributed by atoms with Gasteiger partial charge in [-0.05, 0) is 38.4 Å². The minimum Gasteiger partial charge on any atom is -0.445 e. The van der Waals surface area contributed by atoms with Crippen molar-refractivity contribution in [2.24, 2.45) is 0 Å². The van der Waals surface area contributed by atoms with Crippen molar-refractivity contribution in [3.05, 3.63) is 59.7 Å². The third-order valence-corrected chi connectivity index (χ3v) is 10.3. The van der Waals surface area contributed by atoms with Crippen molar-refractivity contribution < 1.29 is 28.9 Å². The van der Waals surface area contributed by atoms with E-state index in [1.807, 2.05) is 55.5 Å². The number of fused-ring (bicyclic) bond motifs is 9. The summed E-state index contributed by atoms with van der Waals surface area (Å²) in [5, 5.41) is 20.7. The SMILES string of the molecule is COC1C(N(C)C(=O)OC2CCCNC2)Cn2c3ccccc3c3c4c(c5c6ccccc6n(c5c32)C1(C)OC)C(O)NC4=O. The van der Waals surface area contributed by atoms with E-state index in [2.05, 4.69) is 19.8 Å². The molecule has 3 aromatic carbocycles. The molecule has 0 radical (unpaired) electrons. The number of hydrogen-bond acceptors (Lipinski definition) is 7. The number of nitrogens with zero attached hydrogens (tertiary/aromatic N) is 3. The summed E-state index contributed by atoms with van der Waals surface area (Å²) in [5.74, 6) is -0.316. The number of methoxy groups -OCH3 is 2. The van der Waals surface area contributed by atoms with E-state index in [1.54, 1.807) is 26.2 Å². The number of carbonyl (C=O) groups is 2. The number of aliphatic hydroxyl groups is 1. The zero-order valence-corrected chi connectivity index (χ0v) is 25.8. The molecule has 0 spiro atoms. The predicted molar refractivity (Wildman–Crippen MR) is 170 cm³/mol. The van der Waals surface area contributed by atoms with Gasteiger partial charge in [-0.1, -0.05) is 36.4 Å². The van der Waals surface area contributed by atoms with Gasteiger partial charge in [0.2, 0.25) is 0 Å². The maximum atomic E-state index is 13.8. The van der Waals surface area contributed by atoms with E-state index in [9.17, 15) is 14.7 Å². The van der Waals surface area contributed by atoms with E-state index in [0.29, 0.717) is 24.2 Å². The Kier molecular flexibility index (Phi) is 6.41. The fourth-order valence-electron chi connectivity index (χ4n) is 8.19. The van der Waals surface area contributed by atoms with Gasteiger partial charge in [-0.15, -0.1) is 0 Å². The van der Waals surface area contributed by atoms with Crippen LogP contribution in [0.2, 0.25) is 0 Å². The van der Waals surface area contributed by atoms with E-state index < -0.39 is 30.2 Å². The van der Waals surface area contributed by atoms with Crippen LogP contribution in [0.15, 0.2) is 48.5 Å². The summed E-state index contributed by atoms with van der Waals surface area (Å²) in [5.41, 5.74) is 3.34. The third-order valence-electron chi connectivity index (χ3n) is 10.3. The second kappa shape index (κ2) is 10.2. The Hall–Kier alpha value is -4.16. The van der Waals surface area contributed by atoms with Crippen molar-refractivity contribution in [2.75, 3.05) is 34.4 Å². The van der Waals surface area contributed by atoms with Crippen molar-refractivity contribution in [2.45, 2.75) is 56.5 Å². The Labute approximate surface area is 259 Å². The predicted octanol–water partition coefficient (Wildman–Crippen LogP) is 4.17. The van der Waals surface area contributed by atoms with Crippen molar-refractivity contribution in [1.82, 2.24) is 24.7 Å². The molecule has 234 valence electrons. The number of rotatable bonds is 4. The molecular formula is C34H37N5O6. The second-order valence-electron chi connectivity index (χ2n) is 12.5. The highest BCUT2D eigenvalue weighted by Crippen LogP contribution is 2.50. The van der Waals surface area contributed by atoms with Gasteiger partial charge >= 0.3 is 6.09 Å². The first-order chi connectivity index (χ1) is 21.8. The average molecular weight is 612 g/mol. The summed E-state index contributed by atoms with van der Waals surface area (Å²) in [4.78, 5) is 29.1. The molecule has 3 N–H and O–H groups in total. The van der Waals surface area contributed by atoms with Gasteiger partial charge < -0.3 is 44.0 Å². The molecular weight excluding hydrogens is 574 g/mol. The van der Waals surface area contributed by atoms with Gasteiger partial charge in [-0.2, -0.15) is 0 Å². The Morgan fingerprint density at radius 2 is 1.76 bits per heavy atom. The molecule has 5 unspecified atom stereocenters. The zero-order valence-electron chi connectivity index (χ0n) is 25.8. The number of carbonyl (C=O) groups excluding carboxylic acids is 2. The first kappa shape index (κ1) is 28.3. The van der Waals surface area contributed by atoms with Gasteiger partial charge in [0.25, 0.3) is 5.91 Å². The number of ether oxygens (including phenoxy) is 3. The summed E-state index contributed by atoms with van der Waals surface area (Å²) in [7, 11) is 5.05. The Balaban J connectivity index is 1.49. The van der Waals surface area contributed by atoms with Crippen molar-refractivity contribution in [1.29, 1.82) is 0 Å². The number of aliphatic hydroxyl groups excluding tert-OH is 1. The Morgan fingerprint density at radius 3 is 2.44 bits per heavy atom. The highest BCUT2D eigenvalue weighted by molar-refractivity contribution is 6.31. The van der Waals surface area contributed by atoms with Gasteiger partial charge in [-0.3, -0.25) is 4.79 Å². The van der Waals surface area contributed by atoms with Crippen LogP contribution < -0.4 is 10.6 Å². The van der Waals surface area contributed by atoms with Crippen molar-refractivity contribution in [3.63, 3.8) is 0 Å². The van der Waals surface area contributed by atoms with Crippen LogP contribution in [-0.2, 0) is 26.5 Å². The number of amides is 2. The lowest BCUT2D eigenvalue weighted by Gasteiger charge is -2.45. The molecule has 11 nitrogen and oxygen atoms in total. The standard InChI is InChI=1S/C34H37N5O6/c1-34(44-4)30(43-3)23(37(2)33(42)45-18-10-9-15-35-16-18)17-38-21-13-7-5-11-19(21)24-26-27(32(41)36-31(26)40)25-20-12-6-8-14-22(20)39(34)29(25)28(24)38/h5-8,11-14,18,23,30,32,35,41H,9-10,15-17H2,1-4H3,(H,36,40). The van der Waals surface area contributed by atoms with Gasteiger partial charge in [0.15, 0.2) is 12.0 Å². The van der Waals surface area contributed by atoms with Crippen molar-refractivity contribution >= 4 is 55.6 Å². The van der Waals surface area contributed by atoms with E-state index in [1.165, 1.54) is 0 Å². The Morgan fingerprint density at radius 1 is 1.04 bits per heavy atom. The van der Waals surface area contributed by atoms with Crippen LogP contribution in [0, 0.1) is 0 Å². The van der Waals surface area contributed by atoms with Crippen LogP contribution in [-0.4, -0.2) is 83.7 Å². The molecule has 5 heterocycles. The number of likely N-dealkylation sites (N-methyl/N-ethyl adjacent to an activating group) is 1. The van der Waals surface area contributed by atoms with Gasteiger partial charge in [0.1, 0.15) is 12.2 Å². The molecule has 11 heteroatoms. The summed E-state index contributed by atoms with van der Waals surface area (Å²) in [6.45, 7) is 3.85. The van der Waals surface area contributed by atoms with Gasteiger partial charge in [-0.25, -0.2) is 4.79 Å². The molecule has 0 saturated carbocycles. The van der Waals surface area contributed by atoms with Gasteiger partial charge in [0.05, 0.1) is 28.2 Å². The molecule has 3 aliphatic heterocycles. The molecule has 2 aromatic heterocycles. The van der Waals surface area contributed by atoms with Gasteiger partial charge in [0, 0.05) is 67.0 Å². The smallest absolute Gasteiger partial charge is 0.410 e. The van der Waals surface area contributed by atoms with Crippen LogP contribution in [0.1, 0.15) is 41.9 Å². The number of hydrogen-bond donors (Lipinski definition) is 3. The fourth-order valence-corrected chi connectivity index (χ4v) is 8.19. The topological polar surface area (TPSA) is 119 Å². The average Bonchev–Trinajstić information content (AvgIpc) is 3.67. The Bertz CT molecular complexity index is 2030.